The van der Waals surface area contributed by atoms with Gasteiger partial charge in [-0.15, -0.1) is 11.3 Å². The Labute approximate surface area is 319 Å². The van der Waals surface area contributed by atoms with Gasteiger partial charge in [0.2, 0.25) is 0 Å². The molecule has 1 spiro atoms. The van der Waals surface area contributed by atoms with Gasteiger partial charge in [-0.25, -0.2) is 9.19 Å². The summed E-state index contributed by atoms with van der Waals surface area (Å²) in [7, 11) is -1.43. The van der Waals surface area contributed by atoms with Crippen molar-refractivity contribution >= 4 is 50.0 Å². The molecule has 3 aromatic rings. The molecule has 3 heterocycles. The van der Waals surface area contributed by atoms with Crippen LogP contribution in [0.3, 0.4) is 0 Å². The number of rotatable bonds is 6. The number of methoxy groups -OCH3 is 1. The number of ether oxygens (including phenoxy) is 2. The van der Waals surface area contributed by atoms with Crippen molar-refractivity contribution in [3.05, 3.63) is 86.3 Å². The number of ketones is 1. The first kappa shape index (κ1) is 40.1. The Morgan fingerprint density at radius 1 is 1.17 bits per heavy atom. The number of carbonyl (C=O) groups is 2. The summed E-state index contributed by atoms with van der Waals surface area (Å²) in [5.41, 5.74) is 6.08. The van der Waals surface area contributed by atoms with E-state index >= 15 is 0 Å². The van der Waals surface area contributed by atoms with Gasteiger partial charge in [0.15, 0.2) is 0 Å². The maximum absolute atomic E-state index is 14.4. The van der Waals surface area contributed by atoms with Crippen LogP contribution in [0.25, 0.3) is 0 Å². The van der Waals surface area contributed by atoms with Gasteiger partial charge in [0.25, 0.3) is 5.91 Å². The van der Waals surface area contributed by atoms with E-state index in [4.69, 9.17) is 21.1 Å². The minimum atomic E-state index is -3.17. The smallest absolute Gasteiger partial charge is 0.285 e. The molecule has 5 atom stereocenters. The number of hydrogen-bond donors (Lipinski definition) is 0. The number of nitrogens with zero attached hydrogens (tertiary/aromatic N) is 3. The molecule has 8 nitrogen and oxygen atoms in total. The molecule has 0 fully saturated rings. The van der Waals surface area contributed by atoms with Gasteiger partial charge in [-0.2, -0.15) is 4.36 Å². The average Bonchev–Trinajstić information content (AvgIpc) is 3.48. The van der Waals surface area contributed by atoms with E-state index in [-0.39, 0.29) is 47.1 Å². The van der Waals surface area contributed by atoms with Crippen molar-refractivity contribution in [2.45, 2.75) is 91.1 Å². The van der Waals surface area contributed by atoms with Gasteiger partial charge in [0.1, 0.15) is 11.5 Å². The zero-order chi connectivity index (χ0) is 37.5. The fourth-order valence-electron chi connectivity index (χ4n) is 7.71. The predicted octanol–water partition coefficient (Wildman–Crippen LogP) is 9.05. The molecule has 1 aromatic heterocycles. The third kappa shape index (κ3) is 9.35. The molecular formula is C41H54ClN3O5S2. The number of Topliss-reactive ketones (excluding diaryl/α,β-unsaturated/α-hetero) is 1. The molecule has 52 heavy (non-hydrogen) atoms. The second-order valence-electron chi connectivity index (χ2n) is 14.3. The SMILES string of the molecule is CC.CO[C@H]1/C=C/CCC[S@@](=O)(CC(=O)CCc2ncsc2C)=NC(=O)c2ccc3c(c2)N(C[C@H](C)[C@H]1C)C[C@@]1(CCCc2cc(Cl)ccc21)CO3. The predicted molar refractivity (Wildman–Crippen MR) is 214 cm³/mol. The highest BCUT2D eigenvalue weighted by Gasteiger charge is 2.42. The number of amides is 1. The molecule has 6 rings (SSSR count). The van der Waals surface area contributed by atoms with Crippen molar-refractivity contribution in [3.63, 3.8) is 0 Å². The first-order valence-corrected chi connectivity index (χ1v) is 21.8. The third-order valence-corrected chi connectivity index (χ3v) is 14.0. The Morgan fingerprint density at radius 3 is 2.73 bits per heavy atom. The van der Waals surface area contributed by atoms with Crippen molar-refractivity contribution < 1.29 is 23.3 Å². The lowest BCUT2D eigenvalue weighted by Gasteiger charge is -2.42. The normalized spacial score (nSPS) is 26.9. The zero-order valence-electron chi connectivity index (χ0n) is 31.5. The number of anilines is 1. The second kappa shape index (κ2) is 17.9. The summed E-state index contributed by atoms with van der Waals surface area (Å²) in [5, 5.41) is 0.740. The number of thiazole rings is 1. The van der Waals surface area contributed by atoms with Crippen LogP contribution in [0.15, 0.2) is 58.4 Å². The van der Waals surface area contributed by atoms with Crippen LogP contribution in [-0.4, -0.2) is 65.3 Å². The van der Waals surface area contributed by atoms with E-state index in [1.54, 1.807) is 30.0 Å². The summed E-state index contributed by atoms with van der Waals surface area (Å²) >= 11 is 7.99. The van der Waals surface area contributed by atoms with Gasteiger partial charge in [0.05, 0.1) is 45.1 Å². The number of aryl methyl sites for hydroxylation is 3. The van der Waals surface area contributed by atoms with Crippen LogP contribution >= 0.6 is 22.9 Å². The standard InChI is InChI=1S/C39H48ClN3O5S2.C2H6/c1-26-21-43-23-39(17-8-9-29-19-31(40)12-14-33(29)39)24-48-37-16-11-30(20-35(37)43)38(45)42-50(46,18-7-5-6-10-36(47-4)27(26)2)22-32(44)13-15-34-28(3)49-25-41-34;1-2/h6,10-12,14,16,19-20,25-27,36H,5,7-9,13,15,17-18,21-24H2,1-4H3;1-2H3/b10-6+;/t26-,27+,36-,39-,50+;/m0./s1. The molecule has 3 aliphatic rings. The fraction of sp³-hybridized carbons (Fsp3) is 0.537. The average molecular weight is 768 g/mol. The molecule has 2 aromatic carbocycles. The summed E-state index contributed by atoms with van der Waals surface area (Å²) in [4.78, 5) is 34.9. The first-order chi connectivity index (χ1) is 25.0. The van der Waals surface area contributed by atoms with Crippen LogP contribution in [0.2, 0.25) is 5.02 Å². The van der Waals surface area contributed by atoms with Crippen molar-refractivity contribution in [1.29, 1.82) is 0 Å². The number of benzene rings is 2. The number of halogens is 1. The molecule has 1 amide bonds. The number of allylic oxidation sites excluding steroid dienone is 1. The second-order valence-corrected chi connectivity index (χ2v) is 18.2. The molecule has 0 N–H and O–H groups in total. The van der Waals surface area contributed by atoms with Crippen molar-refractivity contribution in [2.75, 3.05) is 43.2 Å². The van der Waals surface area contributed by atoms with Crippen LogP contribution in [0.1, 0.15) is 91.9 Å². The molecule has 2 bridgehead atoms. The Morgan fingerprint density at radius 2 is 1.98 bits per heavy atom. The maximum Gasteiger partial charge on any atom is 0.285 e. The van der Waals surface area contributed by atoms with Crippen LogP contribution in [-0.2, 0) is 37.5 Å². The van der Waals surface area contributed by atoms with Crippen LogP contribution < -0.4 is 9.64 Å². The minimum Gasteiger partial charge on any atom is -0.490 e. The van der Waals surface area contributed by atoms with Gasteiger partial charge in [-0.05, 0) is 98.7 Å². The molecular weight excluding hydrogens is 714 g/mol. The summed E-state index contributed by atoms with van der Waals surface area (Å²) in [6, 6.07) is 11.6. The van der Waals surface area contributed by atoms with E-state index in [1.807, 2.05) is 39.0 Å². The van der Waals surface area contributed by atoms with Crippen LogP contribution in [0, 0.1) is 18.8 Å². The van der Waals surface area contributed by atoms with Gasteiger partial charge in [0, 0.05) is 53.3 Å². The van der Waals surface area contributed by atoms with E-state index < -0.39 is 15.6 Å². The zero-order valence-corrected chi connectivity index (χ0v) is 33.9. The van der Waals surface area contributed by atoms with Gasteiger partial charge in [-0.3, -0.25) is 9.59 Å². The lowest BCUT2D eigenvalue weighted by atomic mass is 9.70. The highest BCUT2D eigenvalue weighted by Crippen LogP contribution is 2.45. The van der Waals surface area contributed by atoms with E-state index in [1.165, 1.54) is 11.1 Å². The Balaban J connectivity index is 0.00000257. The number of fused-ring (bicyclic) bond motifs is 3. The summed E-state index contributed by atoms with van der Waals surface area (Å²) in [5.74, 6) is 0.279. The summed E-state index contributed by atoms with van der Waals surface area (Å²) < 4.78 is 31.3. The van der Waals surface area contributed by atoms with Crippen molar-refractivity contribution in [3.8, 4) is 5.75 Å². The van der Waals surface area contributed by atoms with Crippen LogP contribution in [0.5, 0.6) is 5.75 Å². The van der Waals surface area contributed by atoms with Crippen LogP contribution in [0.4, 0.5) is 5.69 Å². The monoisotopic (exact) mass is 767 g/mol. The van der Waals surface area contributed by atoms with Crippen molar-refractivity contribution in [1.82, 2.24) is 4.98 Å². The molecule has 0 radical (unpaired) electrons. The lowest BCUT2D eigenvalue weighted by molar-refractivity contribution is -0.116. The van der Waals surface area contributed by atoms with Gasteiger partial charge >= 0.3 is 0 Å². The Bertz CT molecular complexity index is 1880. The molecule has 2 aliphatic heterocycles. The van der Waals surface area contributed by atoms with E-state index in [0.717, 1.165) is 40.5 Å². The van der Waals surface area contributed by atoms with E-state index in [0.29, 0.717) is 50.3 Å². The molecule has 11 heteroatoms. The molecule has 0 saturated heterocycles. The molecule has 1 aliphatic carbocycles. The highest BCUT2D eigenvalue weighted by molar-refractivity contribution is 7.94. The number of carbonyl (C=O) groups excluding carboxylic acids is 2. The van der Waals surface area contributed by atoms with Gasteiger partial charge in [-0.1, -0.05) is 57.5 Å². The third-order valence-electron chi connectivity index (χ3n) is 10.8. The van der Waals surface area contributed by atoms with Gasteiger partial charge < -0.3 is 14.4 Å². The first-order valence-electron chi connectivity index (χ1n) is 18.7. The van der Waals surface area contributed by atoms with E-state index in [9.17, 15) is 13.8 Å². The van der Waals surface area contributed by atoms with Crippen molar-refractivity contribution in [2.24, 2.45) is 16.2 Å². The topological polar surface area (TPSA) is 98.2 Å². The number of aromatic nitrogens is 1. The fourth-order valence-corrected chi connectivity index (χ4v) is 10.5. The Kier molecular flexibility index (Phi) is 13.8. The number of hydrogen-bond acceptors (Lipinski definition) is 8. The summed E-state index contributed by atoms with van der Waals surface area (Å²) in [6.07, 6.45) is 8.90. The highest BCUT2D eigenvalue weighted by atomic mass is 35.5. The Hall–Kier alpha value is -3.05. The molecule has 0 saturated carbocycles. The minimum absolute atomic E-state index is 0.107. The molecule has 282 valence electrons. The summed E-state index contributed by atoms with van der Waals surface area (Å²) in [6.45, 7) is 12.4. The quantitative estimate of drug-likeness (QED) is 0.231. The van der Waals surface area contributed by atoms with E-state index in [2.05, 4.69) is 52.4 Å². The largest absolute Gasteiger partial charge is 0.490 e. The maximum atomic E-state index is 14.4. The lowest BCUT2D eigenvalue weighted by Crippen LogP contribution is -2.47. The molecule has 0 unspecified atom stereocenters.